The van der Waals surface area contributed by atoms with Crippen LogP contribution in [0.25, 0.3) is 88.6 Å². The largest absolute Gasteiger partial charge is 0.455 e. The number of rotatable bonds is 4. The van der Waals surface area contributed by atoms with E-state index < -0.39 is 0 Å². The Balaban J connectivity index is 1.16. The van der Waals surface area contributed by atoms with Crippen molar-refractivity contribution in [3.05, 3.63) is 144 Å². The van der Waals surface area contributed by atoms with Crippen LogP contribution in [0.15, 0.2) is 137 Å². The van der Waals surface area contributed by atoms with Gasteiger partial charge in [0.25, 0.3) is 0 Å². The fourth-order valence-electron chi connectivity index (χ4n) is 6.90. The van der Waals surface area contributed by atoms with E-state index in [1.807, 2.05) is 72.2 Å². The normalized spacial score (nSPS) is 12.2. The molecule has 1 aliphatic carbocycles. The van der Waals surface area contributed by atoms with E-state index in [4.69, 9.17) is 19.4 Å². The lowest BCUT2D eigenvalue weighted by molar-refractivity contribution is 0.670. The van der Waals surface area contributed by atoms with Crippen molar-refractivity contribution in [2.45, 2.75) is 6.42 Å². The molecule has 0 saturated carbocycles. The summed E-state index contributed by atoms with van der Waals surface area (Å²) in [5, 5.41) is 2.09. The molecule has 6 aromatic carbocycles. The zero-order valence-electron chi connectivity index (χ0n) is 25.0. The predicted octanol–water partition coefficient (Wildman–Crippen LogP) is 10.6. The molecule has 0 N–H and O–H groups in total. The van der Waals surface area contributed by atoms with Gasteiger partial charge in [0.2, 0.25) is 0 Å². The second-order valence-corrected chi connectivity index (χ2v) is 12.7. The summed E-state index contributed by atoms with van der Waals surface area (Å²) in [6.45, 7) is 0. The highest BCUT2D eigenvalue weighted by molar-refractivity contribution is 7.17. The maximum Gasteiger partial charge on any atom is 0.167 e. The van der Waals surface area contributed by atoms with E-state index in [1.54, 1.807) is 11.3 Å². The maximum absolute atomic E-state index is 6.85. The van der Waals surface area contributed by atoms with Gasteiger partial charge in [-0.1, -0.05) is 109 Å². The number of hydrogen-bond acceptors (Lipinski definition) is 6. The molecule has 1 aliphatic rings. The summed E-state index contributed by atoms with van der Waals surface area (Å²) in [5.41, 5.74) is 14.8. The van der Waals surface area contributed by atoms with Crippen LogP contribution in [0.2, 0.25) is 0 Å². The Labute approximate surface area is 273 Å². The quantitative estimate of drug-likeness (QED) is 0.196. The van der Waals surface area contributed by atoms with Crippen LogP contribution in [-0.4, -0.2) is 19.9 Å². The highest BCUT2D eigenvalue weighted by Gasteiger charge is 2.24. The van der Waals surface area contributed by atoms with Crippen molar-refractivity contribution in [3.63, 3.8) is 0 Å². The Morgan fingerprint density at radius 2 is 1.15 bits per heavy atom. The molecule has 10 rings (SSSR count). The van der Waals surface area contributed by atoms with E-state index in [0.717, 1.165) is 61.7 Å². The molecule has 0 aliphatic heterocycles. The van der Waals surface area contributed by atoms with Crippen molar-refractivity contribution in [1.29, 1.82) is 0 Å². The Bertz CT molecular complexity index is 2600. The lowest BCUT2D eigenvalue weighted by Gasteiger charge is -2.08. The van der Waals surface area contributed by atoms with Gasteiger partial charge >= 0.3 is 0 Å². The van der Waals surface area contributed by atoms with Crippen LogP contribution in [0.3, 0.4) is 0 Å². The van der Waals surface area contributed by atoms with Crippen molar-refractivity contribution in [1.82, 2.24) is 19.9 Å². The molecule has 3 heterocycles. The second-order valence-electron chi connectivity index (χ2n) is 11.9. The number of benzene rings is 6. The van der Waals surface area contributed by atoms with Crippen LogP contribution in [0.5, 0.6) is 0 Å². The first-order valence-electron chi connectivity index (χ1n) is 15.6. The minimum atomic E-state index is 0.576. The van der Waals surface area contributed by atoms with Gasteiger partial charge in [-0.15, -0.1) is 11.3 Å². The van der Waals surface area contributed by atoms with E-state index >= 15 is 0 Å². The average molecular weight is 621 g/mol. The fourth-order valence-corrected chi connectivity index (χ4v) is 7.77. The van der Waals surface area contributed by atoms with Crippen molar-refractivity contribution in [2.24, 2.45) is 0 Å². The van der Waals surface area contributed by atoms with E-state index in [0.29, 0.717) is 17.5 Å². The van der Waals surface area contributed by atoms with E-state index in [2.05, 4.69) is 65.6 Å². The summed E-state index contributed by atoms with van der Waals surface area (Å²) >= 11 is 1.72. The van der Waals surface area contributed by atoms with Gasteiger partial charge in [-0.25, -0.2) is 19.9 Å². The molecule has 6 heteroatoms. The molecule has 0 unspecified atom stereocenters. The molecule has 0 saturated heterocycles. The van der Waals surface area contributed by atoms with E-state index in [1.165, 1.54) is 27.0 Å². The summed E-state index contributed by atoms with van der Waals surface area (Å²) in [4.78, 5) is 19.5. The summed E-state index contributed by atoms with van der Waals surface area (Å²) in [6.07, 6.45) is 0.943. The molecule has 220 valence electrons. The third-order valence-electron chi connectivity index (χ3n) is 9.12. The zero-order valence-corrected chi connectivity index (χ0v) is 25.8. The number of hydrogen-bond donors (Lipinski definition) is 0. The lowest BCUT2D eigenvalue weighted by Crippen LogP contribution is -2.00. The highest BCUT2D eigenvalue weighted by Crippen LogP contribution is 2.46. The fraction of sp³-hybridized carbons (Fsp3) is 0.0244. The summed E-state index contributed by atoms with van der Waals surface area (Å²) < 4.78 is 8.11. The highest BCUT2D eigenvalue weighted by atomic mass is 32.1. The maximum atomic E-state index is 6.85. The molecule has 0 fully saturated rings. The predicted molar refractivity (Wildman–Crippen MR) is 190 cm³/mol. The number of aromatic nitrogens is 4. The molecule has 0 spiro atoms. The van der Waals surface area contributed by atoms with Crippen LogP contribution < -0.4 is 0 Å². The van der Waals surface area contributed by atoms with Crippen LogP contribution in [0.4, 0.5) is 0 Å². The van der Waals surface area contributed by atoms with Crippen molar-refractivity contribution >= 4 is 43.5 Å². The molecule has 47 heavy (non-hydrogen) atoms. The van der Waals surface area contributed by atoms with Gasteiger partial charge in [-0.2, -0.15) is 0 Å². The second kappa shape index (κ2) is 10.3. The number of fused-ring (bicyclic) bond motifs is 8. The molecule has 0 radical (unpaired) electrons. The summed E-state index contributed by atoms with van der Waals surface area (Å²) in [6, 6.07) is 43.9. The van der Waals surface area contributed by atoms with Gasteiger partial charge in [0.1, 0.15) is 11.2 Å². The first kappa shape index (κ1) is 26.3. The van der Waals surface area contributed by atoms with E-state index in [9.17, 15) is 0 Å². The minimum absolute atomic E-state index is 0.576. The van der Waals surface area contributed by atoms with Crippen molar-refractivity contribution in [2.75, 3.05) is 0 Å². The topological polar surface area (TPSA) is 64.7 Å². The molecular weight excluding hydrogens is 597 g/mol. The third kappa shape index (κ3) is 4.15. The van der Waals surface area contributed by atoms with E-state index in [-0.39, 0.29) is 0 Å². The third-order valence-corrected chi connectivity index (χ3v) is 9.98. The van der Waals surface area contributed by atoms with Crippen molar-refractivity contribution < 1.29 is 4.42 Å². The van der Waals surface area contributed by atoms with Gasteiger partial charge in [0.15, 0.2) is 17.5 Å². The Kier molecular flexibility index (Phi) is 5.74. The minimum Gasteiger partial charge on any atom is -0.455 e. The molecule has 0 amide bonds. The Hall–Kier alpha value is -5.98. The zero-order chi connectivity index (χ0) is 30.9. The number of furan rings is 1. The molecule has 9 aromatic rings. The van der Waals surface area contributed by atoms with Gasteiger partial charge in [0.05, 0.1) is 21.3 Å². The average Bonchev–Trinajstić information content (AvgIpc) is 3.87. The molecular formula is C41H24N4OS. The van der Waals surface area contributed by atoms with Crippen LogP contribution in [0.1, 0.15) is 11.1 Å². The first-order chi connectivity index (χ1) is 23.3. The van der Waals surface area contributed by atoms with Crippen molar-refractivity contribution in [3.8, 4) is 56.4 Å². The molecule has 0 bridgehead atoms. The number of nitrogens with zero attached hydrogens (tertiary/aromatic N) is 4. The van der Waals surface area contributed by atoms with Gasteiger partial charge in [0, 0.05) is 33.0 Å². The lowest BCUT2D eigenvalue weighted by atomic mass is 9.97. The van der Waals surface area contributed by atoms with Crippen LogP contribution in [0, 0.1) is 0 Å². The monoisotopic (exact) mass is 620 g/mol. The van der Waals surface area contributed by atoms with Gasteiger partial charge < -0.3 is 4.42 Å². The summed E-state index contributed by atoms with van der Waals surface area (Å²) in [7, 11) is 0. The van der Waals surface area contributed by atoms with Gasteiger partial charge in [-0.05, 0) is 46.9 Å². The van der Waals surface area contributed by atoms with Crippen LogP contribution in [-0.2, 0) is 6.42 Å². The summed E-state index contributed by atoms with van der Waals surface area (Å²) in [5.74, 6) is 1.82. The Morgan fingerprint density at radius 1 is 0.511 bits per heavy atom. The SMILES string of the molecule is c1ccc(-c2nc(-c3ccccc3)nc(-c3cccc4c3oc3c(-c5ccc6c(c5)-c5c(ccc7ncsc57)C6)cccc34)n2)cc1. The standard InChI is InChI=1S/C41H24N4OS/c1-3-9-24(10-4-1)39-43-40(25-11-5-2-6-12-25)45-41(44-39)32-16-8-15-31-30-14-7-13-29(36(30)46-37(31)32)27-18-17-26-21-28-19-20-34-38(47-23-42-34)35(28)33(26)22-27/h1-20,22-23H,21H2. The smallest absolute Gasteiger partial charge is 0.167 e. The molecule has 3 aromatic heterocycles. The van der Waals surface area contributed by atoms with Crippen LogP contribution >= 0.6 is 11.3 Å². The number of para-hydroxylation sites is 2. The first-order valence-corrected chi connectivity index (χ1v) is 16.5. The Morgan fingerprint density at radius 3 is 1.87 bits per heavy atom. The molecule has 5 nitrogen and oxygen atoms in total. The van der Waals surface area contributed by atoms with Gasteiger partial charge in [-0.3, -0.25) is 0 Å². The molecule has 0 atom stereocenters. The number of thiazole rings is 1.